The maximum atomic E-state index is 13.0. The fraction of sp³-hybridized carbons (Fsp3) is 0.333. The largest absolute Gasteiger partial charge is 0.383 e. The normalized spacial score (nSPS) is 25.6. The van der Waals surface area contributed by atoms with Gasteiger partial charge in [0.25, 0.3) is 5.91 Å². The van der Waals surface area contributed by atoms with Gasteiger partial charge < -0.3 is 14.7 Å². The first-order chi connectivity index (χ1) is 13.1. The fourth-order valence-corrected chi connectivity index (χ4v) is 4.15. The van der Waals surface area contributed by atoms with Crippen molar-refractivity contribution in [2.75, 3.05) is 20.2 Å². The Morgan fingerprint density at radius 1 is 1.15 bits per heavy atom. The van der Waals surface area contributed by atoms with Crippen LogP contribution in [0.25, 0.3) is 0 Å². The quantitative estimate of drug-likeness (QED) is 0.901. The molecule has 140 valence electrons. The molecular weight excluding hydrogens is 344 g/mol. The number of carbonyl (C=O) groups is 2. The van der Waals surface area contributed by atoms with Crippen LogP contribution in [0.1, 0.15) is 23.7 Å². The number of fused-ring (bicyclic) bond motifs is 1. The van der Waals surface area contributed by atoms with E-state index in [1.165, 1.54) is 12.0 Å². The van der Waals surface area contributed by atoms with Gasteiger partial charge in [0.15, 0.2) is 6.10 Å². The molecule has 2 heterocycles. The van der Waals surface area contributed by atoms with E-state index in [0.29, 0.717) is 18.5 Å². The van der Waals surface area contributed by atoms with Crippen molar-refractivity contribution in [2.24, 2.45) is 0 Å². The van der Waals surface area contributed by atoms with Crippen LogP contribution in [-0.4, -0.2) is 53.1 Å². The van der Waals surface area contributed by atoms with E-state index in [2.05, 4.69) is 0 Å². The van der Waals surface area contributed by atoms with Crippen LogP contribution < -0.4 is 0 Å². The third kappa shape index (κ3) is 2.81. The van der Waals surface area contributed by atoms with Gasteiger partial charge in [-0.05, 0) is 11.1 Å². The van der Waals surface area contributed by atoms with Gasteiger partial charge in [0.1, 0.15) is 5.60 Å². The maximum Gasteiger partial charge on any atom is 0.327 e. The van der Waals surface area contributed by atoms with E-state index in [1.807, 2.05) is 48.5 Å². The van der Waals surface area contributed by atoms with Gasteiger partial charge in [-0.15, -0.1) is 0 Å². The molecule has 2 aliphatic heterocycles. The number of methoxy groups -OCH3 is 1. The topological polar surface area (TPSA) is 70.1 Å². The highest BCUT2D eigenvalue weighted by atomic mass is 16.5. The lowest BCUT2D eigenvalue weighted by Crippen LogP contribution is -2.42. The number of nitrogens with zero attached hydrogens (tertiary/aromatic N) is 2. The van der Waals surface area contributed by atoms with Crippen molar-refractivity contribution in [1.29, 1.82) is 0 Å². The van der Waals surface area contributed by atoms with Crippen molar-refractivity contribution in [3.8, 4) is 0 Å². The molecule has 0 saturated carbocycles. The number of hydrogen-bond donors (Lipinski definition) is 1. The second-order valence-corrected chi connectivity index (χ2v) is 7.01. The maximum absolute atomic E-state index is 13.0. The molecule has 6 nitrogen and oxygen atoms in total. The van der Waals surface area contributed by atoms with Crippen LogP contribution >= 0.6 is 0 Å². The Hall–Kier alpha value is -2.70. The van der Waals surface area contributed by atoms with E-state index in [9.17, 15) is 14.7 Å². The number of imide groups is 1. The summed E-state index contributed by atoms with van der Waals surface area (Å²) in [6.45, 7) is 0.567. The molecule has 3 unspecified atom stereocenters. The van der Waals surface area contributed by atoms with Gasteiger partial charge in [0.05, 0.1) is 12.6 Å². The first kappa shape index (κ1) is 17.7. The highest BCUT2D eigenvalue weighted by Crippen LogP contribution is 2.42. The Balaban J connectivity index is 1.60. The summed E-state index contributed by atoms with van der Waals surface area (Å²) in [7, 11) is 1.46. The van der Waals surface area contributed by atoms with E-state index in [-0.39, 0.29) is 12.6 Å². The lowest BCUT2D eigenvalue weighted by molar-refractivity contribution is -0.139. The summed E-state index contributed by atoms with van der Waals surface area (Å²) in [6.07, 6.45) is -0.387. The van der Waals surface area contributed by atoms with Gasteiger partial charge in [-0.2, -0.15) is 0 Å². The number of urea groups is 1. The highest BCUT2D eigenvalue weighted by Gasteiger charge is 2.56. The predicted molar refractivity (Wildman–Crippen MR) is 98.8 cm³/mol. The minimum atomic E-state index is -1.15. The number of benzene rings is 2. The third-order valence-electron chi connectivity index (χ3n) is 5.60. The van der Waals surface area contributed by atoms with Crippen molar-refractivity contribution in [2.45, 2.75) is 24.2 Å². The minimum Gasteiger partial charge on any atom is -0.383 e. The van der Waals surface area contributed by atoms with E-state index < -0.39 is 23.7 Å². The Morgan fingerprint density at radius 2 is 1.78 bits per heavy atom. The average Bonchev–Trinajstić information content (AvgIpc) is 3.22. The highest BCUT2D eigenvalue weighted by molar-refractivity contribution is 5.99. The first-order valence-electron chi connectivity index (χ1n) is 9.04. The molecule has 0 radical (unpaired) electrons. The number of aliphatic hydroxyl groups is 1. The Kier molecular flexibility index (Phi) is 4.45. The van der Waals surface area contributed by atoms with E-state index in [1.54, 1.807) is 17.0 Å². The number of rotatable bonds is 4. The molecule has 2 aromatic rings. The molecule has 4 rings (SSSR count). The zero-order valence-electron chi connectivity index (χ0n) is 15.1. The molecular formula is C21H22N2O4. The molecule has 0 aliphatic carbocycles. The summed E-state index contributed by atoms with van der Waals surface area (Å²) in [6, 6.07) is 17.6. The van der Waals surface area contributed by atoms with E-state index in [4.69, 9.17) is 4.74 Å². The third-order valence-corrected chi connectivity index (χ3v) is 5.60. The molecule has 3 amide bonds. The Morgan fingerprint density at radius 3 is 2.41 bits per heavy atom. The molecule has 2 fully saturated rings. The molecule has 6 heteroatoms. The second kappa shape index (κ2) is 6.79. The van der Waals surface area contributed by atoms with Crippen molar-refractivity contribution >= 4 is 11.9 Å². The summed E-state index contributed by atoms with van der Waals surface area (Å²) in [4.78, 5) is 28.7. The van der Waals surface area contributed by atoms with Crippen LogP contribution in [0.5, 0.6) is 0 Å². The van der Waals surface area contributed by atoms with Gasteiger partial charge in [0, 0.05) is 20.1 Å². The van der Waals surface area contributed by atoms with Gasteiger partial charge >= 0.3 is 6.03 Å². The van der Waals surface area contributed by atoms with Crippen LogP contribution in [0, 0.1) is 0 Å². The van der Waals surface area contributed by atoms with Crippen LogP contribution in [0.4, 0.5) is 4.79 Å². The number of amides is 3. The molecule has 2 aromatic carbocycles. The van der Waals surface area contributed by atoms with Crippen molar-refractivity contribution in [3.05, 3.63) is 71.8 Å². The summed E-state index contributed by atoms with van der Waals surface area (Å²) in [5, 5.41) is 11.3. The smallest absolute Gasteiger partial charge is 0.327 e. The van der Waals surface area contributed by atoms with Gasteiger partial charge in [0.2, 0.25) is 0 Å². The molecule has 3 atom stereocenters. The SMILES string of the molecule is COC(C(=O)N1CC2N(CCC2(O)c2ccccc2)C1=O)c1ccccc1. The number of carbonyl (C=O) groups excluding carboxylic acids is 2. The second-order valence-electron chi connectivity index (χ2n) is 7.01. The van der Waals surface area contributed by atoms with Crippen LogP contribution in [0.2, 0.25) is 0 Å². The van der Waals surface area contributed by atoms with Crippen LogP contribution in [0.15, 0.2) is 60.7 Å². The molecule has 0 spiro atoms. The standard InChI is InChI=1S/C21H22N2O4/c1-27-18(15-8-4-2-5-9-15)19(24)23-14-17-21(26,12-13-22(17)20(23)25)16-10-6-3-7-11-16/h2-11,17-18,26H,12-14H2,1H3. The van der Waals surface area contributed by atoms with Gasteiger partial charge in [-0.25, -0.2) is 4.79 Å². The Labute approximate surface area is 158 Å². The van der Waals surface area contributed by atoms with Gasteiger partial charge in [-0.1, -0.05) is 60.7 Å². The van der Waals surface area contributed by atoms with Crippen LogP contribution in [-0.2, 0) is 15.1 Å². The van der Waals surface area contributed by atoms with Crippen molar-refractivity contribution in [1.82, 2.24) is 9.80 Å². The van der Waals surface area contributed by atoms with Crippen LogP contribution in [0.3, 0.4) is 0 Å². The molecule has 0 bridgehead atoms. The number of ether oxygens (including phenoxy) is 1. The summed E-state index contributed by atoms with van der Waals surface area (Å²) in [5.74, 6) is -0.404. The molecule has 2 aliphatic rings. The molecule has 27 heavy (non-hydrogen) atoms. The predicted octanol–water partition coefficient (Wildman–Crippen LogP) is 2.30. The fourth-order valence-electron chi connectivity index (χ4n) is 4.15. The Bertz CT molecular complexity index is 842. The summed E-state index contributed by atoms with van der Waals surface area (Å²) >= 11 is 0. The van der Waals surface area contributed by atoms with Crippen molar-refractivity contribution in [3.63, 3.8) is 0 Å². The monoisotopic (exact) mass is 366 g/mol. The van der Waals surface area contributed by atoms with E-state index >= 15 is 0 Å². The van der Waals surface area contributed by atoms with Crippen molar-refractivity contribution < 1.29 is 19.4 Å². The summed E-state index contributed by atoms with van der Waals surface area (Å²) < 4.78 is 5.39. The van der Waals surface area contributed by atoms with E-state index in [0.717, 1.165) is 5.56 Å². The summed E-state index contributed by atoms with van der Waals surface area (Å²) in [5.41, 5.74) is 0.315. The zero-order valence-corrected chi connectivity index (χ0v) is 15.1. The lowest BCUT2D eigenvalue weighted by Gasteiger charge is -2.29. The average molecular weight is 366 g/mol. The molecule has 0 aromatic heterocycles. The minimum absolute atomic E-state index is 0.149. The molecule has 2 saturated heterocycles. The van der Waals surface area contributed by atoms with Gasteiger partial charge in [-0.3, -0.25) is 9.69 Å². The zero-order chi connectivity index (χ0) is 19.0. The molecule has 1 N–H and O–H groups in total. The first-order valence-corrected chi connectivity index (χ1v) is 9.04. The number of hydrogen-bond acceptors (Lipinski definition) is 4. The lowest BCUT2D eigenvalue weighted by atomic mass is 9.86.